The topological polar surface area (TPSA) is 66.6 Å². The van der Waals surface area contributed by atoms with Crippen molar-refractivity contribution in [3.05, 3.63) is 51.8 Å². The monoisotopic (exact) mass is 436 g/mol. The highest BCUT2D eigenvalue weighted by Gasteiger charge is 2.19. The molecule has 0 bridgehead atoms. The molecule has 8 heteroatoms. The fourth-order valence-electron chi connectivity index (χ4n) is 2.79. The SMILES string of the molecule is CCOc1cc(-c2nc(Cc3ccc(Cl)cc3Cl)no2)cc(OCC)c1OCC. The Hall–Kier alpha value is -2.44. The predicted molar refractivity (Wildman–Crippen MR) is 113 cm³/mol. The fraction of sp³-hybridized carbons (Fsp3) is 0.333. The summed E-state index contributed by atoms with van der Waals surface area (Å²) in [6.07, 6.45) is 0.424. The molecule has 1 heterocycles. The van der Waals surface area contributed by atoms with E-state index in [1.54, 1.807) is 12.1 Å². The summed E-state index contributed by atoms with van der Waals surface area (Å²) in [6.45, 7) is 7.18. The highest BCUT2D eigenvalue weighted by Crippen LogP contribution is 2.41. The Balaban J connectivity index is 1.93. The van der Waals surface area contributed by atoms with E-state index in [-0.39, 0.29) is 0 Å². The average molecular weight is 437 g/mol. The minimum absolute atomic E-state index is 0.357. The van der Waals surface area contributed by atoms with Gasteiger partial charge in [0, 0.05) is 22.0 Å². The fourth-order valence-corrected chi connectivity index (χ4v) is 3.27. The number of ether oxygens (including phenoxy) is 3. The first-order valence-corrected chi connectivity index (χ1v) is 10.1. The summed E-state index contributed by atoms with van der Waals surface area (Å²) in [6, 6.07) is 8.93. The van der Waals surface area contributed by atoms with Gasteiger partial charge < -0.3 is 18.7 Å². The zero-order chi connectivity index (χ0) is 20.8. The molecule has 0 fully saturated rings. The Labute approximate surface area is 179 Å². The second kappa shape index (κ2) is 9.85. The normalized spacial score (nSPS) is 10.8. The maximum Gasteiger partial charge on any atom is 0.258 e. The Morgan fingerprint density at radius 1 is 0.897 bits per heavy atom. The van der Waals surface area contributed by atoms with Gasteiger partial charge in [-0.2, -0.15) is 4.98 Å². The van der Waals surface area contributed by atoms with Crippen LogP contribution in [0, 0.1) is 0 Å². The van der Waals surface area contributed by atoms with Crippen molar-refractivity contribution in [3.8, 4) is 28.7 Å². The third-order valence-corrected chi connectivity index (χ3v) is 4.57. The zero-order valence-corrected chi connectivity index (χ0v) is 18.0. The van der Waals surface area contributed by atoms with Crippen molar-refractivity contribution in [2.45, 2.75) is 27.2 Å². The highest BCUT2D eigenvalue weighted by atomic mass is 35.5. The molecule has 0 saturated heterocycles. The van der Waals surface area contributed by atoms with Crippen LogP contribution in [0.25, 0.3) is 11.5 Å². The molecule has 0 atom stereocenters. The maximum atomic E-state index is 6.24. The van der Waals surface area contributed by atoms with Crippen LogP contribution in [0.2, 0.25) is 10.0 Å². The largest absolute Gasteiger partial charge is 0.490 e. The number of benzene rings is 2. The summed E-state index contributed by atoms with van der Waals surface area (Å²) in [5.74, 6) is 2.56. The van der Waals surface area contributed by atoms with Gasteiger partial charge in [-0.3, -0.25) is 0 Å². The quantitative estimate of drug-likeness (QED) is 0.420. The van der Waals surface area contributed by atoms with Crippen LogP contribution in [-0.4, -0.2) is 30.0 Å². The summed E-state index contributed by atoms with van der Waals surface area (Å²) in [5.41, 5.74) is 1.54. The molecular weight excluding hydrogens is 415 g/mol. The lowest BCUT2D eigenvalue weighted by Gasteiger charge is -2.16. The summed E-state index contributed by atoms with van der Waals surface area (Å²) >= 11 is 12.2. The first kappa shape index (κ1) is 21.3. The smallest absolute Gasteiger partial charge is 0.258 e. The molecule has 6 nitrogen and oxygen atoms in total. The van der Waals surface area contributed by atoms with Crippen molar-refractivity contribution in [2.75, 3.05) is 19.8 Å². The van der Waals surface area contributed by atoms with Crippen LogP contribution in [0.1, 0.15) is 32.2 Å². The van der Waals surface area contributed by atoms with Gasteiger partial charge in [0.25, 0.3) is 5.89 Å². The van der Waals surface area contributed by atoms with Crippen LogP contribution in [0.5, 0.6) is 17.2 Å². The standard InChI is InChI=1S/C21H22Cl2N2O4/c1-4-26-17-9-14(10-18(27-5-2)20(17)28-6-3)21-24-19(25-29-21)11-13-7-8-15(22)12-16(13)23/h7-10,12H,4-6,11H2,1-3H3. The van der Waals surface area contributed by atoms with Gasteiger partial charge >= 0.3 is 0 Å². The molecule has 3 aromatic rings. The summed E-state index contributed by atoms with van der Waals surface area (Å²) in [4.78, 5) is 4.50. The minimum atomic E-state index is 0.357. The molecular formula is C21H22Cl2N2O4. The predicted octanol–water partition coefficient (Wildman–Crippen LogP) is 5.83. The van der Waals surface area contributed by atoms with E-state index < -0.39 is 0 Å². The molecule has 0 aliphatic heterocycles. The average Bonchev–Trinajstić information content (AvgIpc) is 3.15. The van der Waals surface area contributed by atoms with Crippen LogP contribution < -0.4 is 14.2 Å². The molecule has 0 aliphatic carbocycles. The summed E-state index contributed by atoms with van der Waals surface area (Å²) in [7, 11) is 0. The van der Waals surface area contributed by atoms with Crippen LogP contribution in [0.4, 0.5) is 0 Å². The minimum Gasteiger partial charge on any atom is -0.490 e. The second-order valence-electron chi connectivity index (χ2n) is 6.03. The van der Waals surface area contributed by atoms with Crippen molar-refractivity contribution >= 4 is 23.2 Å². The van der Waals surface area contributed by atoms with Crippen molar-refractivity contribution < 1.29 is 18.7 Å². The van der Waals surface area contributed by atoms with Crippen LogP contribution in [0.15, 0.2) is 34.9 Å². The van der Waals surface area contributed by atoms with E-state index in [1.165, 1.54) is 0 Å². The molecule has 29 heavy (non-hydrogen) atoms. The summed E-state index contributed by atoms with van der Waals surface area (Å²) < 4.78 is 22.7. The van der Waals surface area contributed by atoms with Gasteiger partial charge in [0.1, 0.15) is 0 Å². The number of hydrogen-bond donors (Lipinski definition) is 0. The number of nitrogens with zero attached hydrogens (tertiary/aromatic N) is 2. The molecule has 0 saturated carbocycles. The Bertz CT molecular complexity index is 948. The molecule has 0 radical (unpaired) electrons. The molecule has 154 valence electrons. The number of aromatic nitrogens is 2. The number of halogens is 2. The first-order valence-electron chi connectivity index (χ1n) is 9.39. The third kappa shape index (κ3) is 5.14. The molecule has 1 aromatic heterocycles. The van der Waals surface area contributed by atoms with Gasteiger partial charge in [0.05, 0.1) is 19.8 Å². The Morgan fingerprint density at radius 2 is 1.55 bits per heavy atom. The third-order valence-electron chi connectivity index (χ3n) is 3.99. The number of hydrogen-bond acceptors (Lipinski definition) is 6. The lowest BCUT2D eigenvalue weighted by molar-refractivity contribution is 0.261. The molecule has 0 amide bonds. The van der Waals surface area contributed by atoms with E-state index >= 15 is 0 Å². The molecule has 0 aliphatic rings. The van der Waals surface area contributed by atoms with E-state index in [0.717, 1.165) is 5.56 Å². The first-order chi connectivity index (χ1) is 14.0. The summed E-state index contributed by atoms with van der Waals surface area (Å²) in [5, 5.41) is 5.21. The Kier molecular flexibility index (Phi) is 7.23. The number of rotatable bonds is 9. The van der Waals surface area contributed by atoms with Crippen LogP contribution in [0.3, 0.4) is 0 Å². The molecule has 0 spiro atoms. The van der Waals surface area contributed by atoms with Gasteiger partial charge in [-0.15, -0.1) is 0 Å². The van der Waals surface area contributed by atoms with Crippen LogP contribution >= 0.6 is 23.2 Å². The second-order valence-corrected chi connectivity index (χ2v) is 6.87. The van der Waals surface area contributed by atoms with Crippen molar-refractivity contribution in [3.63, 3.8) is 0 Å². The van der Waals surface area contributed by atoms with Crippen molar-refractivity contribution in [2.24, 2.45) is 0 Å². The van der Waals surface area contributed by atoms with Crippen LogP contribution in [-0.2, 0) is 6.42 Å². The van der Waals surface area contributed by atoms with E-state index in [2.05, 4.69) is 10.1 Å². The van der Waals surface area contributed by atoms with Crippen molar-refractivity contribution in [1.29, 1.82) is 0 Å². The van der Waals surface area contributed by atoms with Gasteiger partial charge in [-0.1, -0.05) is 34.4 Å². The highest BCUT2D eigenvalue weighted by molar-refractivity contribution is 6.35. The Morgan fingerprint density at radius 3 is 2.14 bits per heavy atom. The van der Waals surface area contributed by atoms with Crippen molar-refractivity contribution in [1.82, 2.24) is 10.1 Å². The molecule has 3 rings (SSSR count). The lowest BCUT2D eigenvalue weighted by atomic mass is 10.1. The molecule has 0 unspecified atom stereocenters. The van der Waals surface area contributed by atoms with E-state index in [1.807, 2.05) is 39.0 Å². The van der Waals surface area contributed by atoms with E-state index in [0.29, 0.717) is 70.8 Å². The van der Waals surface area contributed by atoms with Gasteiger partial charge in [0.15, 0.2) is 17.3 Å². The van der Waals surface area contributed by atoms with E-state index in [9.17, 15) is 0 Å². The maximum absolute atomic E-state index is 6.24. The zero-order valence-electron chi connectivity index (χ0n) is 16.5. The van der Waals surface area contributed by atoms with Gasteiger partial charge in [-0.05, 0) is 50.6 Å². The van der Waals surface area contributed by atoms with Gasteiger partial charge in [0.2, 0.25) is 5.75 Å². The van der Waals surface area contributed by atoms with E-state index in [4.69, 9.17) is 41.9 Å². The van der Waals surface area contributed by atoms with Gasteiger partial charge in [-0.25, -0.2) is 0 Å². The molecule has 0 N–H and O–H groups in total. The molecule has 2 aromatic carbocycles. The lowest BCUT2D eigenvalue weighted by Crippen LogP contribution is -2.03.